The molecular formula is C16H25NO2S. The number of benzene rings is 1. The van der Waals surface area contributed by atoms with Crippen molar-refractivity contribution in [2.24, 2.45) is 0 Å². The van der Waals surface area contributed by atoms with Crippen LogP contribution in [0.25, 0.3) is 0 Å². The van der Waals surface area contributed by atoms with Gasteiger partial charge in [-0.15, -0.1) is 11.8 Å². The van der Waals surface area contributed by atoms with Crippen LogP contribution < -0.4 is 5.32 Å². The van der Waals surface area contributed by atoms with E-state index in [2.05, 4.69) is 29.6 Å². The molecule has 1 rings (SSSR count). The number of thioether (sulfide) groups is 1. The monoisotopic (exact) mass is 295 g/mol. The fourth-order valence-electron chi connectivity index (χ4n) is 1.92. The SMILES string of the molecule is CCOC(=O)CCCCCSc1cccc(CNC)c1. The van der Waals surface area contributed by atoms with Crippen molar-refractivity contribution in [1.82, 2.24) is 5.32 Å². The second-order valence-electron chi connectivity index (χ2n) is 4.64. The van der Waals surface area contributed by atoms with Crippen LogP contribution in [0.5, 0.6) is 0 Å². The van der Waals surface area contributed by atoms with E-state index in [1.165, 1.54) is 10.5 Å². The molecule has 0 amide bonds. The number of hydrogen-bond acceptors (Lipinski definition) is 4. The first-order valence-corrected chi connectivity index (χ1v) is 8.26. The van der Waals surface area contributed by atoms with Crippen LogP contribution in [-0.2, 0) is 16.1 Å². The molecule has 1 aromatic carbocycles. The number of nitrogens with one attached hydrogen (secondary N) is 1. The van der Waals surface area contributed by atoms with Crippen LogP contribution in [0.1, 0.15) is 38.2 Å². The van der Waals surface area contributed by atoms with Crippen LogP contribution in [0, 0.1) is 0 Å². The van der Waals surface area contributed by atoms with Gasteiger partial charge in [-0.05, 0) is 50.3 Å². The Kier molecular flexibility index (Phi) is 9.16. The molecule has 0 aliphatic carbocycles. The van der Waals surface area contributed by atoms with Crippen molar-refractivity contribution in [2.45, 2.75) is 44.0 Å². The van der Waals surface area contributed by atoms with Gasteiger partial charge in [0.05, 0.1) is 6.61 Å². The van der Waals surface area contributed by atoms with Gasteiger partial charge in [0.1, 0.15) is 0 Å². The van der Waals surface area contributed by atoms with Gasteiger partial charge in [0.25, 0.3) is 0 Å². The lowest BCUT2D eigenvalue weighted by molar-refractivity contribution is -0.143. The fourth-order valence-corrected chi connectivity index (χ4v) is 2.91. The summed E-state index contributed by atoms with van der Waals surface area (Å²) in [5, 5.41) is 3.16. The number of hydrogen-bond donors (Lipinski definition) is 1. The Morgan fingerprint density at radius 2 is 2.15 bits per heavy atom. The first kappa shape index (κ1) is 17.1. The van der Waals surface area contributed by atoms with Crippen molar-refractivity contribution in [3.8, 4) is 0 Å². The van der Waals surface area contributed by atoms with Crippen LogP contribution in [-0.4, -0.2) is 25.4 Å². The zero-order valence-electron chi connectivity index (χ0n) is 12.5. The van der Waals surface area contributed by atoms with Crippen molar-refractivity contribution in [2.75, 3.05) is 19.4 Å². The molecule has 0 bridgehead atoms. The molecule has 0 saturated heterocycles. The van der Waals surface area contributed by atoms with E-state index >= 15 is 0 Å². The molecule has 0 heterocycles. The summed E-state index contributed by atoms with van der Waals surface area (Å²) in [6.45, 7) is 3.24. The fraction of sp³-hybridized carbons (Fsp3) is 0.562. The summed E-state index contributed by atoms with van der Waals surface area (Å²) in [7, 11) is 1.96. The third-order valence-electron chi connectivity index (χ3n) is 2.88. The first-order chi connectivity index (χ1) is 9.76. The molecule has 1 aromatic rings. The number of carbonyl (C=O) groups excluding carboxylic acids is 1. The van der Waals surface area contributed by atoms with Crippen LogP contribution in [0.15, 0.2) is 29.2 Å². The third kappa shape index (κ3) is 7.56. The molecule has 3 nitrogen and oxygen atoms in total. The predicted octanol–water partition coefficient (Wildman–Crippen LogP) is 3.62. The molecule has 0 saturated carbocycles. The lowest BCUT2D eigenvalue weighted by Crippen LogP contribution is -2.04. The molecule has 20 heavy (non-hydrogen) atoms. The second kappa shape index (κ2) is 10.7. The number of rotatable bonds is 10. The maximum atomic E-state index is 11.2. The zero-order chi connectivity index (χ0) is 14.6. The topological polar surface area (TPSA) is 38.3 Å². The molecule has 0 unspecified atom stereocenters. The lowest BCUT2D eigenvalue weighted by Gasteiger charge is -2.05. The van der Waals surface area contributed by atoms with E-state index in [0.29, 0.717) is 13.0 Å². The second-order valence-corrected chi connectivity index (χ2v) is 5.81. The van der Waals surface area contributed by atoms with Crippen molar-refractivity contribution >= 4 is 17.7 Å². The molecule has 0 atom stereocenters. The first-order valence-electron chi connectivity index (χ1n) is 7.28. The normalized spacial score (nSPS) is 10.5. The Hall–Kier alpha value is -1.00. The Morgan fingerprint density at radius 1 is 1.30 bits per heavy atom. The average Bonchev–Trinajstić information content (AvgIpc) is 2.44. The highest BCUT2D eigenvalue weighted by Gasteiger charge is 2.01. The van der Waals surface area contributed by atoms with Crippen LogP contribution in [0.4, 0.5) is 0 Å². The summed E-state index contributed by atoms with van der Waals surface area (Å²) >= 11 is 1.89. The number of carbonyl (C=O) groups is 1. The highest BCUT2D eigenvalue weighted by atomic mass is 32.2. The summed E-state index contributed by atoms with van der Waals surface area (Å²) in [6, 6.07) is 8.64. The van der Waals surface area contributed by atoms with Gasteiger partial charge in [-0.3, -0.25) is 4.79 Å². The van der Waals surface area contributed by atoms with E-state index in [4.69, 9.17) is 4.74 Å². The summed E-state index contributed by atoms with van der Waals surface area (Å²) < 4.78 is 4.90. The van der Waals surface area contributed by atoms with Gasteiger partial charge in [0.15, 0.2) is 0 Å². The molecule has 0 spiro atoms. The number of unbranched alkanes of at least 4 members (excludes halogenated alkanes) is 2. The van der Waals surface area contributed by atoms with Gasteiger partial charge in [-0.2, -0.15) is 0 Å². The highest BCUT2D eigenvalue weighted by molar-refractivity contribution is 7.99. The van der Waals surface area contributed by atoms with E-state index < -0.39 is 0 Å². The third-order valence-corrected chi connectivity index (χ3v) is 3.96. The van der Waals surface area contributed by atoms with Gasteiger partial charge in [-0.25, -0.2) is 0 Å². The smallest absolute Gasteiger partial charge is 0.305 e. The van der Waals surface area contributed by atoms with E-state index in [-0.39, 0.29) is 5.97 Å². The molecule has 4 heteroatoms. The van der Waals surface area contributed by atoms with Gasteiger partial charge in [0, 0.05) is 17.9 Å². The van der Waals surface area contributed by atoms with E-state index in [1.807, 2.05) is 25.7 Å². The molecule has 0 aromatic heterocycles. The summed E-state index contributed by atoms with van der Waals surface area (Å²) in [6.07, 6.45) is 3.71. The maximum absolute atomic E-state index is 11.2. The predicted molar refractivity (Wildman–Crippen MR) is 85.0 cm³/mol. The van der Waals surface area contributed by atoms with Crippen molar-refractivity contribution in [1.29, 1.82) is 0 Å². The Balaban J connectivity index is 2.12. The molecule has 0 aliphatic rings. The van der Waals surface area contributed by atoms with E-state index in [0.717, 1.165) is 31.6 Å². The number of esters is 1. The lowest BCUT2D eigenvalue weighted by atomic mass is 10.2. The molecule has 0 fully saturated rings. The molecule has 1 N–H and O–H groups in total. The Morgan fingerprint density at radius 3 is 2.90 bits per heavy atom. The van der Waals surface area contributed by atoms with Crippen LogP contribution in [0.3, 0.4) is 0 Å². The van der Waals surface area contributed by atoms with Gasteiger partial charge < -0.3 is 10.1 Å². The minimum atomic E-state index is -0.0695. The van der Waals surface area contributed by atoms with E-state index in [9.17, 15) is 4.79 Å². The molecular weight excluding hydrogens is 270 g/mol. The van der Waals surface area contributed by atoms with Crippen molar-refractivity contribution < 1.29 is 9.53 Å². The average molecular weight is 295 g/mol. The van der Waals surface area contributed by atoms with Crippen LogP contribution in [0.2, 0.25) is 0 Å². The minimum absolute atomic E-state index is 0.0695. The summed E-state index contributed by atoms with van der Waals surface area (Å²) in [5.41, 5.74) is 1.32. The quantitative estimate of drug-likeness (QED) is 0.406. The Bertz CT molecular complexity index is 396. The van der Waals surface area contributed by atoms with Crippen LogP contribution >= 0.6 is 11.8 Å². The number of ether oxygens (including phenoxy) is 1. The zero-order valence-corrected chi connectivity index (χ0v) is 13.3. The van der Waals surface area contributed by atoms with Gasteiger partial charge in [-0.1, -0.05) is 18.6 Å². The standard InChI is InChI=1S/C16H25NO2S/c1-3-19-16(18)10-5-4-6-11-20-15-9-7-8-14(12-15)13-17-2/h7-9,12,17H,3-6,10-11,13H2,1-2H3. The van der Waals surface area contributed by atoms with Crippen molar-refractivity contribution in [3.63, 3.8) is 0 Å². The van der Waals surface area contributed by atoms with Gasteiger partial charge in [0.2, 0.25) is 0 Å². The van der Waals surface area contributed by atoms with Crippen molar-refractivity contribution in [3.05, 3.63) is 29.8 Å². The van der Waals surface area contributed by atoms with E-state index in [1.54, 1.807) is 0 Å². The molecule has 112 valence electrons. The Labute approximate surface area is 126 Å². The summed E-state index contributed by atoms with van der Waals surface area (Å²) in [5.74, 6) is 1.03. The van der Waals surface area contributed by atoms with Gasteiger partial charge >= 0.3 is 5.97 Å². The highest BCUT2D eigenvalue weighted by Crippen LogP contribution is 2.21. The minimum Gasteiger partial charge on any atom is -0.466 e. The summed E-state index contributed by atoms with van der Waals surface area (Å²) in [4.78, 5) is 12.5. The molecule has 0 radical (unpaired) electrons. The largest absolute Gasteiger partial charge is 0.466 e. The maximum Gasteiger partial charge on any atom is 0.305 e. The molecule has 0 aliphatic heterocycles.